The van der Waals surface area contributed by atoms with Crippen LogP contribution in [0.2, 0.25) is 0 Å². The Kier molecular flexibility index (Phi) is 4.57. The van der Waals surface area contributed by atoms with Crippen molar-refractivity contribution in [2.45, 2.75) is 6.04 Å². The van der Waals surface area contributed by atoms with E-state index in [9.17, 15) is 4.79 Å². The molecule has 0 aliphatic rings. The number of benzene rings is 1. The zero-order valence-electron chi connectivity index (χ0n) is 8.77. The maximum absolute atomic E-state index is 11.5. The van der Waals surface area contributed by atoms with E-state index in [0.717, 1.165) is 5.56 Å². The van der Waals surface area contributed by atoms with E-state index in [2.05, 4.69) is 11.9 Å². The van der Waals surface area contributed by atoms with Gasteiger partial charge in [-0.15, -0.1) is 6.58 Å². The lowest BCUT2D eigenvalue weighted by molar-refractivity contribution is -0.143. The third-order valence-electron chi connectivity index (χ3n) is 2.04. The van der Waals surface area contributed by atoms with Crippen molar-refractivity contribution in [1.82, 2.24) is 5.32 Å². The maximum Gasteiger partial charge on any atom is 0.327 e. The van der Waals surface area contributed by atoms with Crippen LogP contribution in [0.5, 0.6) is 0 Å². The highest BCUT2D eigenvalue weighted by molar-refractivity contribution is 5.77. The fourth-order valence-electron chi connectivity index (χ4n) is 1.30. The van der Waals surface area contributed by atoms with Crippen LogP contribution in [-0.4, -0.2) is 19.6 Å². The van der Waals surface area contributed by atoms with Gasteiger partial charge in [0.25, 0.3) is 0 Å². The van der Waals surface area contributed by atoms with Crippen LogP contribution >= 0.6 is 0 Å². The molecule has 0 aliphatic carbocycles. The summed E-state index contributed by atoms with van der Waals surface area (Å²) >= 11 is 0. The second kappa shape index (κ2) is 5.98. The molecule has 1 atom stereocenters. The molecule has 1 unspecified atom stereocenters. The summed E-state index contributed by atoms with van der Waals surface area (Å²) in [5.41, 5.74) is 0.895. The summed E-state index contributed by atoms with van der Waals surface area (Å²) in [6.45, 7) is 4.16. The Hall–Kier alpha value is -1.61. The molecule has 0 bridgehead atoms. The van der Waals surface area contributed by atoms with Crippen molar-refractivity contribution >= 4 is 5.97 Å². The van der Waals surface area contributed by atoms with Gasteiger partial charge < -0.3 is 4.74 Å². The number of carbonyl (C=O) groups excluding carboxylic acids is 1. The highest BCUT2D eigenvalue weighted by Gasteiger charge is 2.19. The van der Waals surface area contributed by atoms with Gasteiger partial charge in [0.2, 0.25) is 0 Å². The average molecular weight is 205 g/mol. The van der Waals surface area contributed by atoms with E-state index in [1.54, 1.807) is 6.08 Å². The number of hydrogen-bond acceptors (Lipinski definition) is 3. The first-order valence-electron chi connectivity index (χ1n) is 4.76. The fourth-order valence-corrected chi connectivity index (χ4v) is 1.30. The van der Waals surface area contributed by atoms with Crippen molar-refractivity contribution in [1.29, 1.82) is 0 Å². The van der Waals surface area contributed by atoms with Crippen molar-refractivity contribution < 1.29 is 9.53 Å². The number of nitrogens with one attached hydrogen (secondary N) is 1. The third-order valence-corrected chi connectivity index (χ3v) is 2.04. The normalized spacial score (nSPS) is 11.8. The Morgan fingerprint density at radius 2 is 2.20 bits per heavy atom. The van der Waals surface area contributed by atoms with Gasteiger partial charge in [-0.25, -0.2) is 4.79 Å². The number of methoxy groups -OCH3 is 1. The summed E-state index contributed by atoms with van der Waals surface area (Å²) in [7, 11) is 1.38. The predicted molar refractivity (Wildman–Crippen MR) is 59.4 cm³/mol. The molecule has 1 aromatic carbocycles. The molecule has 0 spiro atoms. The molecular formula is C12H15NO2. The van der Waals surface area contributed by atoms with E-state index in [-0.39, 0.29) is 5.97 Å². The molecule has 1 N–H and O–H groups in total. The molecule has 1 rings (SSSR count). The number of hydrogen-bond donors (Lipinski definition) is 1. The lowest BCUT2D eigenvalue weighted by Gasteiger charge is -2.15. The molecule has 1 aromatic rings. The maximum atomic E-state index is 11.5. The fraction of sp³-hybridized carbons (Fsp3) is 0.250. The van der Waals surface area contributed by atoms with Gasteiger partial charge in [-0.05, 0) is 5.56 Å². The smallest absolute Gasteiger partial charge is 0.327 e. The molecule has 0 radical (unpaired) electrons. The number of carbonyl (C=O) groups is 1. The van der Waals surface area contributed by atoms with E-state index in [0.29, 0.717) is 6.54 Å². The molecule has 0 heterocycles. The summed E-state index contributed by atoms with van der Waals surface area (Å²) in [6, 6.07) is 9.04. The third kappa shape index (κ3) is 3.22. The van der Waals surface area contributed by atoms with Gasteiger partial charge in [-0.3, -0.25) is 5.32 Å². The highest BCUT2D eigenvalue weighted by atomic mass is 16.5. The van der Waals surface area contributed by atoms with Crippen LogP contribution < -0.4 is 5.32 Å². The lowest BCUT2D eigenvalue weighted by atomic mass is 10.1. The van der Waals surface area contributed by atoms with E-state index in [1.165, 1.54) is 7.11 Å². The number of ether oxygens (including phenoxy) is 1. The van der Waals surface area contributed by atoms with Gasteiger partial charge in [0.1, 0.15) is 6.04 Å². The van der Waals surface area contributed by atoms with E-state index >= 15 is 0 Å². The first kappa shape index (κ1) is 11.5. The van der Waals surface area contributed by atoms with Crippen molar-refractivity contribution in [3.63, 3.8) is 0 Å². The molecule has 0 aliphatic heterocycles. The Balaban J connectivity index is 2.81. The van der Waals surface area contributed by atoms with Crippen LogP contribution in [0.4, 0.5) is 0 Å². The second-order valence-corrected chi connectivity index (χ2v) is 3.06. The topological polar surface area (TPSA) is 38.3 Å². The molecule has 3 nitrogen and oxygen atoms in total. The molecule has 3 heteroatoms. The first-order valence-corrected chi connectivity index (χ1v) is 4.76. The van der Waals surface area contributed by atoms with Crippen LogP contribution in [0, 0.1) is 0 Å². The largest absolute Gasteiger partial charge is 0.468 e. The second-order valence-electron chi connectivity index (χ2n) is 3.06. The minimum absolute atomic E-state index is 0.289. The van der Waals surface area contributed by atoms with Crippen LogP contribution in [0.3, 0.4) is 0 Å². The molecule has 80 valence electrons. The van der Waals surface area contributed by atoms with Crippen molar-refractivity contribution in [2.24, 2.45) is 0 Å². The van der Waals surface area contributed by atoms with Crippen LogP contribution in [0.25, 0.3) is 0 Å². The van der Waals surface area contributed by atoms with Crippen molar-refractivity contribution in [3.05, 3.63) is 48.6 Å². The standard InChI is InChI=1S/C12H15NO2/c1-3-9-13-11(12(14)15-2)10-7-5-4-6-8-10/h3-8,11,13H,1,9H2,2H3. The van der Waals surface area contributed by atoms with Gasteiger partial charge >= 0.3 is 5.97 Å². The summed E-state index contributed by atoms with van der Waals surface area (Å²) in [5, 5.41) is 3.04. The Labute approximate surface area is 89.8 Å². The Morgan fingerprint density at radius 3 is 2.73 bits per heavy atom. The van der Waals surface area contributed by atoms with Gasteiger partial charge in [0, 0.05) is 6.54 Å². The van der Waals surface area contributed by atoms with Gasteiger partial charge in [0.05, 0.1) is 7.11 Å². The SMILES string of the molecule is C=CCNC(C(=O)OC)c1ccccc1. The molecule has 15 heavy (non-hydrogen) atoms. The number of esters is 1. The van der Waals surface area contributed by atoms with Gasteiger partial charge in [0.15, 0.2) is 0 Å². The van der Waals surface area contributed by atoms with Crippen molar-refractivity contribution in [3.8, 4) is 0 Å². The number of rotatable bonds is 5. The van der Waals surface area contributed by atoms with Crippen LogP contribution in [0.15, 0.2) is 43.0 Å². The van der Waals surface area contributed by atoms with E-state index < -0.39 is 6.04 Å². The average Bonchev–Trinajstić information content (AvgIpc) is 2.30. The molecule has 0 amide bonds. The van der Waals surface area contributed by atoms with Gasteiger partial charge in [-0.2, -0.15) is 0 Å². The first-order chi connectivity index (χ1) is 7.29. The van der Waals surface area contributed by atoms with Crippen molar-refractivity contribution in [2.75, 3.05) is 13.7 Å². The molecule has 0 fully saturated rings. The monoisotopic (exact) mass is 205 g/mol. The lowest BCUT2D eigenvalue weighted by Crippen LogP contribution is -2.29. The van der Waals surface area contributed by atoms with Crippen LogP contribution in [0.1, 0.15) is 11.6 Å². The zero-order valence-corrected chi connectivity index (χ0v) is 8.77. The Bertz CT molecular complexity index is 322. The van der Waals surface area contributed by atoms with Gasteiger partial charge in [-0.1, -0.05) is 36.4 Å². The zero-order chi connectivity index (χ0) is 11.1. The minimum Gasteiger partial charge on any atom is -0.468 e. The van der Waals surface area contributed by atoms with E-state index in [4.69, 9.17) is 4.74 Å². The molecule has 0 saturated heterocycles. The summed E-state index contributed by atoms with van der Waals surface area (Å²) in [4.78, 5) is 11.5. The quantitative estimate of drug-likeness (QED) is 0.587. The predicted octanol–water partition coefficient (Wildman–Crippen LogP) is 1.68. The highest BCUT2D eigenvalue weighted by Crippen LogP contribution is 2.13. The van der Waals surface area contributed by atoms with Crippen LogP contribution in [-0.2, 0) is 9.53 Å². The summed E-state index contributed by atoms with van der Waals surface area (Å²) < 4.78 is 4.73. The summed E-state index contributed by atoms with van der Waals surface area (Å²) in [6.07, 6.45) is 1.71. The molecular weight excluding hydrogens is 190 g/mol. The molecule has 0 saturated carbocycles. The van der Waals surface area contributed by atoms with E-state index in [1.807, 2.05) is 30.3 Å². The minimum atomic E-state index is -0.422. The molecule has 0 aromatic heterocycles. The Morgan fingerprint density at radius 1 is 1.53 bits per heavy atom. The summed E-state index contributed by atoms with van der Waals surface area (Å²) in [5.74, 6) is -0.289.